The molecule has 0 spiro atoms. The molecular weight excluding hydrogens is 609 g/mol. The van der Waals surface area contributed by atoms with Gasteiger partial charge < -0.3 is 14.6 Å². The smallest absolute Gasteiger partial charge is 0.242 e. The highest BCUT2D eigenvalue weighted by molar-refractivity contribution is 6.02. The minimum Gasteiger partial charge on any atom is -0.494 e. The topological polar surface area (TPSA) is 114 Å². The number of halogens is 1. The number of ketones is 1. The molecule has 0 saturated carbocycles. The van der Waals surface area contributed by atoms with Gasteiger partial charge in [0.05, 0.1) is 18.4 Å². The highest BCUT2D eigenvalue weighted by Gasteiger charge is 2.49. The molecule has 1 aliphatic heterocycles. The Morgan fingerprint density at radius 2 is 2.04 bits per heavy atom. The molecule has 250 valence electrons. The maximum absolute atomic E-state index is 15.1. The van der Waals surface area contributed by atoms with E-state index >= 15 is 4.39 Å². The molecule has 6 rings (SSSR count). The van der Waals surface area contributed by atoms with Crippen LogP contribution in [-0.2, 0) is 21.4 Å². The minimum absolute atomic E-state index is 0.0437. The van der Waals surface area contributed by atoms with E-state index in [1.54, 1.807) is 18.2 Å². The highest BCUT2D eigenvalue weighted by Crippen LogP contribution is 2.46. The van der Waals surface area contributed by atoms with Crippen LogP contribution in [0.2, 0.25) is 0 Å². The number of nitrogens with one attached hydrogen (secondary N) is 1. The largest absolute Gasteiger partial charge is 0.494 e. The molecule has 3 aliphatic rings. The number of carbonyl (C=O) groups is 3. The summed E-state index contributed by atoms with van der Waals surface area (Å²) >= 11 is 0. The molecule has 1 fully saturated rings. The molecule has 9 heteroatoms. The number of Topliss-reactive ketones (excluding diaryl/α,β-unsaturated/α-hetero) is 1. The maximum Gasteiger partial charge on any atom is 0.242 e. The van der Waals surface area contributed by atoms with Crippen molar-refractivity contribution in [2.75, 3.05) is 14.2 Å². The Bertz CT molecular complexity index is 1920. The quantitative estimate of drug-likeness (QED) is 0.247. The van der Waals surface area contributed by atoms with Gasteiger partial charge in [-0.2, -0.15) is 0 Å². The van der Waals surface area contributed by atoms with Gasteiger partial charge in [0.25, 0.3) is 0 Å². The van der Waals surface area contributed by atoms with Crippen LogP contribution in [0.1, 0.15) is 98.2 Å². The first-order valence-corrected chi connectivity index (χ1v) is 16.7. The summed E-state index contributed by atoms with van der Waals surface area (Å²) in [5.74, 6) is -1.30. The van der Waals surface area contributed by atoms with Crippen molar-refractivity contribution in [2.24, 2.45) is 11.8 Å². The summed E-state index contributed by atoms with van der Waals surface area (Å²) in [5.41, 5.74) is 4.88. The third kappa shape index (κ3) is 5.84. The molecule has 0 radical (unpaired) electrons. The zero-order valence-electron chi connectivity index (χ0n) is 28.1. The van der Waals surface area contributed by atoms with E-state index < -0.39 is 11.2 Å². The number of ether oxygens (including phenoxy) is 1. The molecule has 1 saturated heterocycles. The summed E-state index contributed by atoms with van der Waals surface area (Å²) in [6.07, 6.45) is 9.96. The van der Waals surface area contributed by atoms with Crippen molar-refractivity contribution < 1.29 is 27.9 Å². The van der Waals surface area contributed by atoms with Crippen LogP contribution in [-0.4, -0.2) is 47.4 Å². The van der Waals surface area contributed by atoms with Crippen LogP contribution in [0.3, 0.4) is 0 Å². The zero-order valence-corrected chi connectivity index (χ0v) is 28.1. The number of aromatic nitrogens is 1. The number of rotatable bonds is 8. The second-order valence-corrected chi connectivity index (χ2v) is 13.5. The van der Waals surface area contributed by atoms with Crippen molar-refractivity contribution in [3.8, 4) is 5.75 Å². The first kappa shape index (κ1) is 33.2. The summed E-state index contributed by atoms with van der Waals surface area (Å²) in [6.45, 7) is 8.13. The monoisotopic (exact) mass is 651 g/mol. The Kier molecular flexibility index (Phi) is 9.07. The predicted molar refractivity (Wildman–Crippen MR) is 184 cm³/mol. The third-order valence-electron chi connectivity index (χ3n) is 10.5. The van der Waals surface area contributed by atoms with Gasteiger partial charge in [-0.15, -0.1) is 0 Å². The number of nitrogens with zero attached hydrogens (tertiary/aromatic N) is 2. The molecule has 1 aromatic carbocycles. The van der Waals surface area contributed by atoms with Gasteiger partial charge in [-0.05, 0) is 67.2 Å². The van der Waals surface area contributed by atoms with Crippen molar-refractivity contribution >= 4 is 46.1 Å². The van der Waals surface area contributed by atoms with Crippen molar-refractivity contribution in [3.63, 3.8) is 0 Å². The fraction of sp³-hybridized carbons (Fsp3) is 0.410. The molecule has 3 unspecified atom stereocenters. The number of benzene rings is 1. The van der Waals surface area contributed by atoms with E-state index in [1.165, 1.54) is 19.1 Å². The van der Waals surface area contributed by atoms with Gasteiger partial charge in [-0.1, -0.05) is 50.3 Å². The van der Waals surface area contributed by atoms with E-state index in [2.05, 4.69) is 19.6 Å². The van der Waals surface area contributed by atoms with Gasteiger partial charge in [0.1, 0.15) is 16.7 Å². The fourth-order valence-corrected chi connectivity index (χ4v) is 7.71. The molecule has 48 heavy (non-hydrogen) atoms. The van der Waals surface area contributed by atoms with Gasteiger partial charge in [-0.25, -0.2) is 9.37 Å². The molecule has 2 aliphatic carbocycles. The summed E-state index contributed by atoms with van der Waals surface area (Å²) < 4.78 is 26.7. The van der Waals surface area contributed by atoms with E-state index in [0.717, 1.165) is 28.8 Å². The number of hydrogen-bond donors (Lipinski definition) is 1. The lowest BCUT2D eigenvalue weighted by atomic mass is 9.67. The molecule has 3 aromatic rings. The number of likely N-dealkylation sites (N-methyl/N-ethyl adjacent to an activating group) is 1. The summed E-state index contributed by atoms with van der Waals surface area (Å²) in [5, 5.41) is 8.31. The Morgan fingerprint density at radius 3 is 2.77 bits per heavy atom. The Balaban J connectivity index is 1.41. The first-order valence-electron chi connectivity index (χ1n) is 16.7. The first-order chi connectivity index (χ1) is 23.0. The van der Waals surface area contributed by atoms with E-state index in [4.69, 9.17) is 19.5 Å². The van der Waals surface area contributed by atoms with Crippen LogP contribution in [0, 0.1) is 23.1 Å². The van der Waals surface area contributed by atoms with Crippen LogP contribution < -0.4 is 4.74 Å². The maximum atomic E-state index is 15.1. The van der Waals surface area contributed by atoms with Crippen LogP contribution in [0.4, 0.5) is 4.39 Å². The Labute approximate surface area is 280 Å². The fourth-order valence-electron chi connectivity index (χ4n) is 7.71. The number of amides is 2. The summed E-state index contributed by atoms with van der Waals surface area (Å²) in [4.78, 5) is 46.8. The number of imide groups is 1. The molecular formula is C39H42FN3O5. The lowest BCUT2D eigenvalue weighted by molar-refractivity contribution is -0.146. The van der Waals surface area contributed by atoms with E-state index in [0.29, 0.717) is 66.7 Å². The number of furan rings is 1. The third-order valence-corrected chi connectivity index (χ3v) is 10.5. The van der Waals surface area contributed by atoms with E-state index in [-0.39, 0.29) is 53.6 Å². The summed E-state index contributed by atoms with van der Waals surface area (Å²) in [6, 6.07) is 7.01. The van der Waals surface area contributed by atoms with Crippen LogP contribution >= 0.6 is 0 Å². The van der Waals surface area contributed by atoms with E-state index in [1.807, 2.05) is 25.1 Å². The van der Waals surface area contributed by atoms with Crippen molar-refractivity contribution in [2.45, 2.75) is 77.0 Å². The van der Waals surface area contributed by atoms with Crippen LogP contribution in [0.15, 0.2) is 53.0 Å². The standard InChI is InChI=1S/C39H42FN3O5/c1-6-23-15-26(10-12-28(41)16-23)37-24(7-2)19-32-29(42-37)20-33(48-32)39(14-8-9-34(45)43(4)38(39)46)21-22(3)27-17-25-11-13-31(47-5)36(40)35(25)30(44)18-27/h7,10-11,13,15,19-20,22,27,41H,2,6,8-9,12,14,16-18,21H2,1,3-5H3. The number of likely N-dealkylation sites (tertiary alicyclic amines) is 1. The normalized spacial score (nSPS) is 22.5. The molecule has 1 N–H and O–H groups in total. The minimum atomic E-state index is -1.17. The SMILES string of the molecule is C=Cc1cc2oc(C3(CC(C)C4CC(=O)c5c(ccc(OC)c5F)C4)CCCC(=O)N(C)C3=O)cc2nc1C1=CCC(=N)CC(CC)=C1. The average molecular weight is 652 g/mol. The Morgan fingerprint density at radius 1 is 1.25 bits per heavy atom. The van der Waals surface area contributed by atoms with Gasteiger partial charge in [0.2, 0.25) is 11.8 Å². The van der Waals surface area contributed by atoms with Gasteiger partial charge in [0.15, 0.2) is 22.9 Å². The number of methoxy groups -OCH3 is 1. The van der Waals surface area contributed by atoms with Gasteiger partial charge >= 0.3 is 0 Å². The lowest BCUT2D eigenvalue weighted by Crippen LogP contribution is -2.47. The molecule has 3 atom stereocenters. The average Bonchev–Trinajstić information content (AvgIpc) is 3.36. The van der Waals surface area contributed by atoms with Crippen molar-refractivity contribution in [1.82, 2.24) is 9.88 Å². The number of pyridine rings is 1. The molecule has 0 bridgehead atoms. The second-order valence-electron chi connectivity index (χ2n) is 13.5. The van der Waals surface area contributed by atoms with Gasteiger partial charge in [0, 0.05) is 50.1 Å². The predicted octanol–water partition coefficient (Wildman–Crippen LogP) is 8.03. The van der Waals surface area contributed by atoms with Crippen LogP contribution in [0.25, 0.3) is 22.7 Å². The number of fused-ring (bicyclic) bond motifs is 2. The Hall–Kier alpha value is -4.66. The zero-order chi connectivity index (χ0) is 34.3. The lowest BCUT2D eigenvalue weighted by Gasteiger charge is -2.37. The van der Waals surface area contributed by atoms with Crippen LogP contribution in [0.5, 0.6) is 5.75 Å². The number of carbonyl (C=O) groups excluding carboxylic acids is 3. The van der Waals surface area contributed by atoms with E-state index in [9.17, 15) is 14.4 Å². The second kappa shape index (κ2) is 13.1. The highest BCUT2D eigenvalue weighted by atomic mass is 19.1. The molecule has 8 nitrogen and oxygen atoms in total. The van der Waals surface area contributed by atoms with Crippen molar-refractivity contribution in [3.05, 3.63) is 82.5 Å². The number of hydrogen-bond acceptors (Lipinski definition) is 7. The molecule has 2 aromatic heterocycles. The molecule has 2 amide bonds. The van der Waals surface area contributed by atoms with Crippen molar-refractivity contribution in [1.29, 1.82) is 5.41 Å². The summed E-state index contributed by atoms with van der Waals surface area (Å²) in [7, 11) is 2.90. The number of allylic oxidation sites excluding steroid dienone is 4. The molecule has 3 heterocycles. The van der Waals surface area contributed by atoms with Gasteiger partial charge in [-0.3, -0.25) is 19.3 Å².